The van der Waals surface area contributed by atoms with Crippen molar-refractivity contribution in [2.75, 3.05) is 6.61 Å². The Hall–Kier alpha value is -0.890. The number of aromatic nitrogens is 2. The van der Waals surface area contributed by atoms with Gasteiger partial charge in [0.15, 0.2) is 0 Å². The normalized spacial score (nSPS) is 12.7. The highest BCUT2D eigenvalue weighted by molar-refractivity contribution is 14.1. The van der Waals surface area contributed by atoms with Crippen molar-refractivity contribution in [3.63, 3.8) is 0 Å². The summed E-state index contributed by atoms with van der Waals surface area (Å²) >= 11 is 7.78. The number of fused-ring (bicyclic) bond motifs is 1. The van der Waals surface area contributed by atoms with Gasteiger partial charge in [-0.2, -0.15) is 0 Å². The quantitative estimate of drug-likeness (QED) is 0.439. The Morgan fingerprint density at radius 2 is 2.30 bits per heavy atom. The number of alkyl halides is 1. The number of rotatable bonds is 4. The number of imidazole rings is 1. The van der Waals surface area contributed by atoms with Crippen molar-refractivity contribution in [1.82, 2.24) is 9.55 Å². The van der Waals surface area contributed by atoms with Crippen LogP contribution in [0.3, 0.4) is 0 Å². The van der Waals surface area contributed by atoms with Crippen molar-refractivity contribution >= 4 is 51.2 Å². The minimum atomic E-state index is -0.604. The molecule has 1 aromatic carbocycles. The highest BCUT2D eigenvalue weighted by atomic mass is 127. The predicted octanol–water partition coefficient (Wildman–Crippen LogP) is 3.64. The smallest absolute Gasteiger partial charge is 0.328 e. The molecule has 0 N–H and O–H groups in total. The van der Waals surface area contributed by atoms with Crippen LogP contribution in [-0.4, -0.2) is 22.1 Å². The maximum Gasteiger partial charge on any atom is 0.328 e. The van der Waals surface area contributed by atoms with Gasteiger partial charge in [0.25, 0.3) is 0 Å². The van der Waals surface area contributed by atoms with E-state index < -0.39 is 12.0 Å². The van der Waals surface area contributed by atoms with Crippen LogP contribution in [0.1, 0.15) is 25.7 Å². The van der Waals surface area contributed by atoms with Crippen molar-refractivity contribution in [3.05, 3.63) is 27.3 Å². The summed E-state index contributed by atoms with van der Waals surface area (Å²) in [6.07, 6.45) is 0. The monoisotopic (exact) mass is 410 g/mol. The Morgan fingerprint density at radius 1 is 1.60 bits per heavy atom. The lowest BCUT2D eigenvalue weighted by atomic mass is 10.2. The molecular weight excluding hydrogens is 398 g/mol. The van der Waals surface area contributed by atoms with Gasteiger partial charge < -0.3 is 9.30 Å². The van der Waals surface area contributed by atoms with E-state index in [9.17, 15) is 9.18 Å². The molecule has 0 fully saturated rings. The molecule has 108 valence electrons. The van der Waals surface area contributed by atoms with Gasteiger partial charge in [0.1, 0.15) is 17.7 Å². The number of carbonyl (C=O) groups excluding carboxylic acids is 1. The third-order valence-electron chi connectivity index (χ3n) is 2.94. The van der Waals surface area contributed by atoms with Crippen molar-refractivity contribution in [2.24, 2.45) is 0 Å². The van der Waals surface area contributed by atoms with Crippen LogP contribution in [0, 0.1) is 9.39 Å². The number of esters is 1. The highest BCUT2D eigenvalue weighted by Gasteiger charge is 2.23. The molecule has 20 heavy (non-hydrogen) atoms. The fourth-order valence-corrected chi connectivity index (χ4v) is 2.67. The Bertz CT molecular complexity index is 659. The Kier molecular flexibility index (Phi) is 4.85. The molecule has 0 amide bonds. The number of ether oxygens (including phenoxy) is 1. The van der Waals surface area contributed by atoms with Crippen LogP contribution in [0.5, 0.6) is 0 Å². The maximum absolute atomic E-state index is 13.8. The first kappa shape index (κ1) is 15.5. The average molecular weight is 411 g/mol. The first-order chi connectivity index (χ1) is 9.49. The van der Waals surface area contributed by atoms with Gasteiger partial charge in [-0.25, -0.2) is 14.2 Å². The minimum absolute atomic E-state index is 0.136. The van der Waals surface area contributed by atoms with Crippen LogP contribution in [0.2, 0.25) is 0 Å². The van der Waals surface area contributed by atoms with E-state index in [-0.39, 0.29) is 18.3 Å². The molecule has 0 aliphatic carbocycles. The molecule has 0 aliphatic heterocycles. The second kappa shape index (κ2) is 6.26. The number of carbonyl (C=O) groups is 1. The lowest BCUT2D eigenvalue weighted by Gasteiger charge is -2.15. The summed E-state index contributed by atoms with van der Waals surface area (Å²) in [7, 11) is 0. The van der Waals surface area contributed by atoms with E-state index in [4.69, 9.17) is 16.3 Å². The van der Waals surface area contributed by atoms with Crippen LogP contribution < -0.4 is 0 Å². The SMILES string of the molecule is CCOC(=O)C(C)n1c(CCl)nc2cc(I)c(F)cc21. The topological polar surface area (TPSA) is 44.1 Å². The van der Waals surface area contributed by atoms with Gasteiger partial charge in [0, 0.05) is 6.07 Å². The molecule has 0 aliphatic rings. The summed E-state index contributed by atoms with van der Waals surface area (Å²) in [6, 6.07) is 2.40. The average Bonchev–Trinajstić information content (AvgIpc) is 2.76. The fourth-order valence-electron chi connectivity index (χ4n) is 2.03. The second-order valence-corrected chi connectivity index (χ2v) is 5.64. The Balaban J connectivity index is 2.60. The molecule has 1 heterocycles. The van der Waals surface area contributed by atoms with E-state index in [2.05, 4.69) is 4.98 Å². The fraction of sp³-hybridized carbons (Fsp3) is 0.385. The molecule has 4 nitrogen and oxygen atoms in total. The van der Waals surface area contributed by atoms with Gasteiger partial charge in [0.2, 0.25) is 0 Å². The molecule has 2 aromatic rings. The highest BCUT2D eigenvalue weighted by Crippen LogP contribution is 2.26. The molecule has 7 heteroatoms. The molecule has 0 bridgehead atoms. The largest absolute Gasteiger partial charge is 0.464 e. The standard InChI is InChI=1S/C13H13ClFIN2O2/c1-3-20-13(19)7(2)18-11-4-8(15)9(16)5-10(11)17-12(18)6-14/h4-5,7H,3,6H2,1-2H3. The molecule has 0 spiro atoms. The molecule has 1 atom stereocenters. The number of nitrogens with zero attached hydrogens (tertiary/aromatic N) is 2. The lowest BCUT2D eigenvalue weighted by Crippen LogP contribution is -2.20. The number of benzene rings is 1. The van der Waals surface area contributed by atoms with E-state index >= 15 is 0 Å². The van der Waals surface area contributed by atoms with Crippen LogP contribution in [-0.2, 0) is 15.4 Å². The van der Waals surface area contributed by atoms with Gasteiger partial charge in [0.05, 0.1) is 27.1 Å². The van der Waals surface area contributed by atoms with Crippen molar-refractivity contribution in [1.29, 1.82) is 0 Å². The molecule has 2 rings (SSSR count). The van der Waals surface area contributed by atoms with E-state index in [1.807, 2.05) is 22.6 Å². The zero-order valence-corrected chi connectivity index (χ0v) is 13.9. The molecule has 1 aromatic heterocycles. The first-order valence-corrected chi connectivity index (χ1v) is 7.69. The van der Waals surface area contributed by atoms with Crippen molar-refractivity contribution in [3.8, 4) is 0 Å². The van der Waals surface area contributed by atoms with E-state index in [0.29, 0.717) is 20.4 Å². The lowest BCUT2D eigenvalue weighted by molar-refractivity contribution is -0.146. The molecule has 0 saturated carbocycles. The summed E-state index contributed by atoms with van der Waals surface area (Å²) in [5.41, 5.74) is 1.15. The van der Waals surface area contributed by atoms with E-state index in [0.717, 1.165) is 0 Å². The van der Waals surface area contributed by atoms with E-state index in [1.165, 1.54) is 6.07 Å². The first-order valence-electron chi connectivity index (χ1n) is 6.08. The third kappa shape index (κ3) is 2.76. The summed E-state index contributed by atoms with van der Waals surface area (Å²) in [4.78, 5) is 16.2. The van der Waals surface area contributed by atoms with Gasteiger partial charge >= 0.3 is 5.97 Å². The van der Waals surface area contributed by atoms with Gasteiger partial charge in [-0.05, 0) is 42.5 Å². The Morgan fingerprint density at radius 3 is 2.90 bits per heavy atom. The predicted molar refractivity (Wildman–Crippen MR) is 83.3 cm³/mol. The molecule has 0 saturated heterocycles. The van der Waals surface area contributed by atoms with Crippen LogP contribution in [0.15, 0.2) is 12.1 Å². The van der Waals surface area contributed by atoms with Crippen LogP contribution in [0.25, 0.3) is 11.0 Å². The number of hydrogen-bond donors (Lipinski definition) is 0. The maximum atomic E-state index is 13.8. The summed E-state index contributed by atoms with van der Waals surface area (Å²) in [6.45, 7) is 3.71. The van der Waals surface area contributed by atoms with Crippen molar-refractivity contribution < 1.29 is 13.9 Å². The zero-order chi connectivity index (χ0) is 14.9. The minimum Gasteiger partial charge on any atom is -0.464 e. The third-order valence-corrected chi connectivity index (χ3v) is 4.00. The second-order valence-electron chi connectivity index (χ2n) is 4.21. The number of halogens is 3. The summed E-state index contributed by atoms with van der Waals surface area (Å²) in [5, 5.41) is 0. The van der Waals surface area contributed by atoms with Crippen LogP contribution in [0.4, 0.5) is 4.39 Å². The van der Waals surface area contributed by atoms with Gasteiger partial charge in [-0.3, -0.25) is 0 Å². The number of hydrogen-bond acceptors (Lipinski definition) is 3. The Labute approximate surface area is 134 Å². The van der Waals surface area contributed by atoms with Crippen molar-refractivity contribution in [2.45, 2.75) is 25.8 Å². The van der Waals surface area contributed by atoms with Gasteiger partial charge in [-0.15, -0.1) is 11.6 Å². The zero-order valence-electron chi connectivity index (χ0n) is 11.0. The summed E-state index contributed by atoms with van der Waals surface area (Å²) < 4.78 is 20.9. The van der Waals surface area contributed by atoms with E-state index in [1.54, 1.807) is 24.5 Å². The molecular formula is C13H13ClFIN2O2. The summed E-state index contributed by atoms with van der Waals surface area (Å²) in [5.74, 6) is -0.0893. The molecule has 0 radical (unpaired) electrons. The molecule has 1 unspecified atom stereocenters. The van der Waals surface area contributed by atoms with Gasteiger partial charge in [-0.1, -0.05) is 0 Å². The van der Waals surface area contributed by atoms with Crippen LogP contribution >= 0.6 is 34.2 Å².